The molecule has 0 spiro atoms. The SMILES string of the molecule is COCCNC(=O)NC(=O)COC(=O)c1sccc1-c1ccc(C)cc1. The number of esters is 1. The normalized spacial score (nSPS) is 10.2. The number of urea groups is 1. The van der Waals surface area contributed by atoms with Crippen molar-refractivity contribution in [1.82, 2.24) is 10.6 Å². The number of amides is 3. The van der Waals surface area contributed by atoms with Crippen molar-refractivity contribution >= 4 is 29.2 Å². The number of imide groups is 1. The zero-order valence-electron chi connectivity index (χ0n) is 14.5. The van der Waals surface area contributed by atoms with Crippen molar-refractivity contribution < 1.29 is 23.9 Å². The number of thiophene rings is 1. The maximum absolute atomic E-state index is 12.3. The zero-order chi connectivity index (χ0) is 18.9. The molecule has 0 aliphatic heterocycles. The number of carbonyl (C=O) groups is 3. The molecule has 0 radical (unpaired) electrons. The Morgan fingerprint density at radius 1 is 1.12 bits per heavy atom. The molecule has 2 N–H and O–H groups in total. The highest BCUT2D eigenvalue weighted by molar-refractivity contribution is 7.12. The van der Waals surface area contributed by atoms with E-state index in [1.165, 1.54) is 18.4 Å². The Kier molecular flexibility index (Phi) is 7.31. The van der Waals surface area contributed by atoms with Gasteiger partial charge < -0.3 is 14.8 Å². The first-order valence-corrected chi connectivity index (χ1v) is 8.77. The Balaban J connectivity index is 1.89. The molecule has 0 saturated heterocycles. The zero-order valence-corrected chi connectivity index (χ0v) is 15.4. The van der Waals surface area contributed by atoms with Crippen molar-refractivity contribution in [2.24, 2.45) is 0 Å². The lowest BCUT2D eigenvalue weighted by Gasteiger charge is -2.08. The fourth-order valence-electron chi connectivity index (χ4n) is 2.10. The highest BCUT2D eigenvalue weighted by atomic mass is 32.1. The minimum absolute atomic E-state index is 0.268. The van der Waals surface area contributed by atoms with E-state index in [4.69, 9.17) is 9.47 Å². The van der Waals surface area contributed by atoms with Gasteiger partial charge in [-0.25, -0.2) is 9.59 Å². The van der Waals surface area contributed by atoms with Crippen molar-refractivity contribution in [3.8, 4) is 11.1 Å². The summed E-state index contributed by atoms with van der Waals surface area (Å²) in [4.78, 5) is 35.8. The van der Waals surface area contributed by atoms with Crippen LogP contribution in [0.25, 0.3) is 11.1 Å². The van der Waals surface area contributed by atoms with Crippen molar-refractivity contribution in [2.45, 2.75) is 6.92 Å². The number of carbonyl (C=O) groups excluding carboxylic acids is 3. The summed E-state index contributed by atoms with van der Waals surface area (Å²) in [6, 6.07) is 8.92. The molecule has 7 nitrogen and oxygen atoms in total. The Morgan fingerprint density at radius 2 is 1.85 bits per heavy atom. The van der Waals surface area contributed by atoms with E-state index in [0.717, 1.165) is 16.7 Å². The van der Waals surface area contributed by atoms with Gasteiger partial charge in [-0.05, 0) is 23.9 Å². The molecule has 138 valence electrons. The van der Waals surface area contributed by atoms with Crippen LogP contribution in [0.4, 0.5) is 4.79 Å². The molecule has 0 aliphatic rings. The molecule has 1 aromatic heterocycles. The van der Waals surface area contributed by atoms with E-state index in [1.807, 2.05) is 37.3 Å². The molecule has 2 aromatic rings. The van der Waals surface area contributed by atoms with Crippen molar-refractivity contribution in [3.63, 3.8) is 0 Å². The predicted octanol–water partition coefficient (Wildman–Crippen LogP) is 2.35. The van der Waals surface area contributed by atoms with Crippen LogP contribution in [-0.2, 0) is 14.3 Å². The summed E-state index contributed by atoms with van der Waals surface area (Å²) < 4.78 is 9.79. The van der Waals surface area contributed by atoms with Gasteiger partial charge in [0.15, 0.2) is 6.61 Å². The van der Waals surface area contributed by atoms with Crippen LogP contribution in [0.2, 0.25) is 0 Å². The van der Waals surface area contributed by atoms with Gasteiger partial charge in [0.25, 0.3) is 5.91 Å². The Bertz CT molecular complexity index is 770. The third-order valence-electron chi connectivity index (χ3n) is 3.39. The summed E-state index contributed by atoms with van der Waals surface area (Å²) in [5, 5.41) is 6.29. The maximum atomic E-state index is 12.3. The van der Waals surface area contributed by atoms with Gasteiger partial charge in [-0.2, -0.15) is 0 Å². The van der Waals surface area contributed by atoms with E-state index >= 15 is 0 Å². The molecule has 3 amide bonds. The molecule has 0 aliphatic carbocycles. The van der Waals surface area contributed by atoms with Crippen molar-refractivity contribution in [2.75, 3.05) is 26.9 Å². The minimum atomic E-state index is -0.707. The van der Waals surface area contributed by atoms with Gasteiger partial charge in [0.2, 0.25) is 0 Å². The lowest BCUT2D eigenvalue weighted by Crippen LogP contribution is -2.42. The number of rotatable bonds is 7. The van der Waals surface area contributed by atoms with Gasteiger partial charge in [-0.15, -0.1) is 11.3 Å². The molecule has 1 heterocycles. The van der Waals surface area contributed by atoms with Crippen molar-refractivity contribution in [1.29, 1.82) is 0 Å². The fraction of sp³-hybridized carbons (Fsp3) is 0.278. The number of nitrogens with one attached hydrogen (secondary N) is 2. The van der Waals surface area contributed by atoms with Gasteiger partial charge in [-0.1, -0.05) is 29.8 Å². The predicted molar refractivity (Wildman–Crippen MR) is 98.2 cm³/mol. The molecule has 0 saturated carbocycles. The third kappa shape index (κ3) is 5.68. The molecule has 0 unspecified atom stereocenters. The van der Waals surface area contributed by atoms with Gasteiger partial charge >= 0.3 is 12.0 Å². The Labute approximate surface area is 155 Å². The quantitative estimate of drug-likeness (QED) is 0.571. The van der Waals surface area contributed by atoms with Crippen LogP contribution in [0.5, 0.6) is 0 Å². The van der Waals surface area contributed by atoms with Gasteiger partial charge in [0.1, 0.15) is 4.88 Å². The van der Waals surface area contributed by atoms with E-state index in [-0.39, 0.29) is 6.54 Å². The average molecular weight is 376 g/mol. The number of hydrogen-bond donors (Lipinski definition) is 2. The molecule has 8 heteroatoms. The maximum Gasteiger partial charge on any atom is 0.349 e. The Morgan fingerprint density at radius 3 is 2.54 bits per heavy atom. The second-order valence-electron chi connectivity index (χ2n) is 5.40. The number of benzene rings is 1. The largest absolute Gasteiger partial charge is 0.451 e. The monoisotopic (exact) mass is 376 g/mol. The standard InChI is InChI=1S/C18H20N2O5S/c1-12-3-5-13(6-4-12)14-7-10-26-16(14)17(22)25-11-15(21)20-18(23)19-8-9-24-2/h3-7,10H,8-9,11H2,1-2H3,(H2,19,20,21,23). The number of aryl methyl sites for hydroxylation is 1. The smallest absolute Gasteiger partial charge is 0.349 e. The van der Waals surface area contributed by atoms with Crippen LogP contribution in [0.3, 0.4) is 0 Å². The van der Waals surface area contributed by atoms with Gasteiger partial charge in [0.05, 0.1) is 6.61 Å². The lowest BCUT2D eigenvalue weighted by molar-refractivity contribution is -0.123. The van der Waals surface area contributed by atoms with E-state index in [9.17, 15) is 14.4 Å². The number of ether oxygens (including phenoxy) is 2. The lowest BCUT2D eigenvalue weighted by atomic mass is 10.1. The second kappa shape index (κ2) is 9.69. The molecule has 26 heavy (non-hydrogen) atoms. The molecule has 0 fully saturated rings. The van der Waals surface area contributed by atoms with E-state index < -0.39 is 24.5 Å². The summed E-state index contributed by atoms with van der Waals surface area (Å²) in [6.07, 6.45) is 0. The minimum Gasteiger partial charge on any atom is -0.451 e. The molecule has 2 rings (SSSR count). The van der Waals surface area contributed by atoms with Crippen LogP contribution >= 0.6 is 11.3 Å². The first-order valence-electron chi connectivity index (χ1n) is 7.89. The second-order valence-corrected chi connectivity index (χ2v) is 6.32. The van der Waals surface area contributed by atoms with Crippen LogP contribution in [0.15, 0.2) is 35.7 Å². The third-order valence-corrected chi connectivity index (χ3v) is 4.29. The fourth-order valence-corrected chi connectivity index (χ4v) is 2.91. The van der Waals surface area contributed by atoms with E-state index in [2.05, 4.69) is 10.6 Å². The van der Waals surface area contributed by atoms with E-state index in [1.54, 1.807) is 5.38 Å². The number of hydrogen-bond acceptors (Lipinski definition) is 6. The van der Waals surface area contributed by atoms with Crippen LogP contribution in [-0.4, -0.2) is 44.8 Å². The van der Waals surface area contributed by atoms with E-state index in [0.29, 0.717) is 11.5 Å². The summed E-state index contributed by atoms with van der Waals surface area (Å²) in [7, 11) is 1.50. The molecular formula is C18H20N2O5S. The van der Waals surface area contributed by atoms with Crippen molar-refractivity contribution in [3.05, 3.63) is 46.2 Å². The summed E-state index contributed by atoms with van der Waals surface area (Å²) >= 11 is 1.24. The van der Waals surface area contributed by atoms with Gasteiger partial charge in [-0.3, -0.25) is 10.1 Å². The van der Waals surface area contributed by atoms with Crippen LogP contribution in [0, 0.1) is 6.92 Å². The summed E-state index contributed by atoms with van der Waals surface area (Å²) in [5.74, 6) is -1.31. The average Bonchev–Trinajstić information content (AvgIpc) is 3.10. The molecule has 1 aromatic carbocycles. The van der Waals surface area contributed by atoms with Crippen LogP contribution in [0.1, 0.15) is 15.2 Å². The van der Waals surface area contributed by atoms with Crippen LogP contribution < -0.4 is 10.6 Å². The molecular weight excluding hydrogens is 356 g/mol. The first kappa shape index (κ1) is 19.6. The Hall–Kier alpha value is -2.71. The number of methoxy groups -OCH3 is 1. The topological polar surface area (TPSA) is 93.7 Å². The molecule has 0 atom stereocenters. The van der Waals surface area contributed by atoms with Gasteiger partial charge in [0, 0.05) is 19.2 Å². The molecule has 0 bridgehead atoms. The highest BCUT2D eigenvalue weighted by Gasteiger charge is 2.18. The first-order chi connectivity index (χ1) is 12.5. The summed E-state index contributed by atoms with van der Waals surface area (Å²) in [6.45, 7) is 2.04. The highest BCUT2D eigenvalue weighted by Crippen LogP contribution is 2.29. The summed E-state index contributed by atoms with van der Waals surface area (Å²) in [5.41, 5.74) is 2.76.